The lowest BCUT2D eigenvalue weighted by Crippen LogP contribution is -2.28. The number of aromatic nitrogens is 2. The zero-order valence-electron chi connectivity index (χ0n) is 9.48. The fourth-order valence-corrected chi connectivity index (χ4v) is 1.52. The van der Waals surface area contributed by atoms with Gasteiger partial charge in [-0.25, -0.2) is 4.68 Å². The molecule has 1 heterocycles. The molecule has 2 aromatic rings. The molecule has 96 valence electrons. The lowest BCUT2D eigenvalue weighted by atomic mass is 10.3. The van der Waals surface area contributed by atoms with Crippen LogP contribution >= 0.6 is 0 Å². The zero-order valence-corrected chi connectivity index (χ0v) is 9.48. The topological polar surface area (TPSA) is 29.9 Å². The van der Waals surface area contributed by atoms with Crippen LogP contribution in [0.15, 0.2) is 42.7 Å². The number of hydrogen-bond donors (Lipinski definition) is 1. The van der Waals surface area contributed by atoms with Crippen molar-refractivity contribution in [2.75, 3.05) is 6.54 Å². The van der Waals surface area contributed by atoms with Gasteiger partial charge in [-0.05, 0) is 12.1 Å². The highest BCUT2D eigenvalue weighted by Gasteiger charge is 2.26. The highest BCUT2D eigenvalue weighted by molar-refractivity contribution is 5.30. The molecule has 0 saturated carbocycles. The summed E-state index contributed by atoms with van der Waals surface area (Å²) in [6, 6.07) is 9.38. The molecule has 6 heteroatoms. The molecular weight excluding hydrogens is 243 g/mol. The quantitative estimate of drug-likeness (QED) is 0.909. The van der Waals surface area contributed by atoms with Crippen molar-refractivity contribution in [3.8, 4) is 5.69 Å². The fraction of sp³-hybridized carbons (Fsp3) is 0.250. The van der Waals surface area contributed by atoms with Crippen LogP contribution in [0.3, 0.4) is 0 Å². The molecule has 0 fully saturated rings. The fourth-order valence-electron chi connectivity index (χ4n) is 1.52. The van der Waals surface area contributed by atoms with E-state index in [1.807, 2.05) is 30.3 Å². The van der Waals surface area contributed by atoms with Gasteiger partial charge >= 0.3 is 6.18 Å². The molecule has 0 aliphatic rings. The van der Waals surface area contributed by atoms with E-state index in [1.54, 1.807) is 17.1 Å². The Morgan fingerprint density at radius 1 is 1.17 bits per heavy atom. The summed E-state index contributed by atoms with van der Waals surface area (Å²) in [7, 11) is 0. The molecule has 0 saturated heterocycles. The first kappa shape index (κ1) is 12.6. The molecule has 0 atom stereocenters. The molecule has 2 rings (SSSR count). The van der Waals surface area contributed by atoms with E-state index in [0.717, 1.165) is 5.69 Å². The minimum atomic E-state index is -4.19. The first-order valence-electron chi connectivity index (χ1n) is 5.41. The monoisotopic (exact) mass is 255 g/mol. The summed E-state index contributed by atoms with van der Waals surface area (Å²) >= 11 is 0. The Hall–Kier alpha value is -1.82. The Labute approximate surface area is 102 Å². The van der Waals surface area contributed by atoms with Crippen molar-refractivity contribution in [2.24, 2.45) is 0 Å². The van der Waals surface area contributed by atoms with E-state index in [2.05, 4.69) is 10.4 Å². The summed E-state index contributed by atoms with van der Waals surface area (Å²) in [4.78, 5) is 0. The second-order valence-corrected chi connectivity index (χ2v) is 3.85. The standard InChI is InChI=1S/C12H12F3N3/c13-12(14,15)9-16-6-10-7-17-18(8-10)11-4-2-1-3-5-11/h1-5,7-8,16H,6,9H2. The predicted octanol–water partition coefficient (Wildman–Crippen LogP) is 2.52. The highest BCUT2D eigenvalue weighted by atomic mass is 19.4. The van der Waals surface area contributed by atoms with Crippen molar-refractivity contribution < 1.29 is 13.2 Å². The number of alkyl halides is 3. The Morgan fingerprint density at radius 3 is 2.56 bits per heavy atom. The van der Waals surface area contributed by atoms with Gasteiger partial charge in [-0.15, -0.1) is 0 Å². The van der Waals surface area contributed by atoms with Gasteiger partial charge in [0.15, 0.2) is 0 Å². The Morgan fingerprint density at radius 2 is 1.89 bits per heavy atom. The summed E-state index contributed by atoms with van der Waals surface area (Å²) in [5.41, 5.74) is 1.59. The molecule has 0 aliphatic heterocycles. The molecule has 3 nitrogen and oxygen atoms in total. The van der Waals surface area contributed by atoms with Gasteiger partial charge in [0.25, 0.3) is 0 Å². The van der Waals surface area contributed by atoms with E-state index in [1.165, 1.54) is 0 Å². The largest absolute Gasteiger partial charge is 0.401 e. The number of nitrogens with zero attached hydrogens (tertiary/aromatic N) is 2. The molecule has 1 aromatic heterocycles. The third-order valence-corrected chi connectivity index (χ3v) is 2.31. The van der Waals surface area contributed by atoms with Crippen LogP contribution in [0.5, 0.6) is 0 Å². The zero-order chi connectivity index (χ0) is 13.0. The normalized spacial score (nSPS) is 11.7. The minimum absolute atomic E-state index is 0.145. The summed E-state index contributed by atoms with van der Waals surface area (Å²) in [5.74, 6) is 0. The Balaban J connectivity index is 1.95. The van der Waals surface area contributed by atoms with Gasteiger partial charge in [0, 0.05) is 18.3 Å². The molecule has 0 radical (unpaired) electrons. The van der Waals surface area contributed by atoms with Crippen molar-refractivity contribution in [1.29, 1.82) is 0 Å². The predicted molar refractivity (Wildman–Crippen MR) is 61.3 cm³/mol. The lowest BCUT2D eigenvalue weighted by Gasteiger charge is -2.06. The smallest absolute Gasteiger partial charge is 0.304 e. The summed E-state index contributed by atoms with van der Waals surface area (Å²) in [6.07, 6.45) is -0.926. The third-order valence-electron chi connectivity index (χ3n) is 2.31. The number of benzene rings is 1. The molecule has 18 heavy (non-hydrogen) atoms. The number of rotatable bonds is 4. The van der Waals surface area contributed by atoms with Crippen LogP contribution in [-0.2, 0) is 6.54 Å². The van der Waals surface area contributed by atoms with E-state index in [9.17, 15) is 13.2 Å². The molecule has 1 N–H and O–H groups in total. The van der Waals surface area contributed by atoms with Crippen LogP contribution in [0.1, 0.15) is 5.56 Å². The van der Waals surface area contributed by atoms with Gasteiger partial charge in [0.1, 0.15) is 0 Å². The van der Waals surface area contributed by atoms with Crippen LogP contribution in [0.2, 0.25) is 0 Å². The van der Waals surface area contributed by atoms with Crippen LogP contribution in [0.25, 0.3) is 5.69 Å². The van der Waals surface area contributed by atoms with Crippen molar-refractivity contribution >= 4 is 0 Å². The summed E-state index contributed by atoms with van der Waals surface area (Å²) in [5, 5.41) is 6.43. The second kappa shape index (κ2) is 5.22. The van der Waals surface area contributed by atoms with Crippen molar-refractivity contribution in [3.63, 3.8) is 0 Å². The van der Waals surface area contributed by atoms with E-state index in [4.69, 9.17) is 0 Å². The van der Waals surface area contributed by atoms with E-state index in [-0.39, 0.29) is 6.54 Å². The molecule has 0 unspecified atom stereocenters. The van der Waals surface area contributed by atoms with E-state index in [0.29, 0.717) is 5.56 Å². The van der Waals surface area contributed by atoms with Gasteiger partial charge in [-0.3, -0.25) is 0 Å². The molecular formula is C12H12F3N3. The molecule has 0 bridgehead atoms. The maximum absolute atomic E-state index is 11.9. The molecule has 0 aliphatic carbocycles. The van der Waals surface area contributed by atoms with Crippen LogP contribution in [-0.4, -0.2) is 22.5 Å². The molecule has 0 amide bonds. The minimum Gasteiger partial charge on any atom is -0.304 e. The van der Waals surface area contributed by atoms with E-state index >= 15 is 0 Å². The average Bonchev–Trinajstić information content (AvgIpc) is 2.77. The number of hydrogen-bond acceptors (Lipinski definition) is 2. The number of para-hydroxylation sites is 1. The first-order valence-corrected chi connectivity index (χ1v) is 5.41. The Bertz CT molecular complexity index is 491. The van der Waals surface area contributed by atoms with Gasteiger partial charge in [0.2, 0.25) is 0 Å². The van der Waals surface area contributed by atoms with E-state index < -0.39 is 12.7 Å². The number of nitrogens with one attached hydrogen (secondary N) is 1. The van der Waals surface area contributed by atoms with Crippen molar-refractivity contribution in [2.45, 2.75) is 12.7 Å². The number of halogens is 3. The highest BCUT2D eigenvalue weighted by Crippen LogP contribution is 2.13. The van der Waals surface area contributed by atoms with Gasteiger partial charge in [-0.2, -0.15) is 18.3 Å². The summed E-state index contributed by atoms with van der Waals surface area (Å²) in [6.45, 7) is -0.851. The maximum atomic E-state index is 11.9. The first-order chi connectivity index (χ1) is 8.54. The Kier molecular flexibility index (Phi) is 3.66. The van der Waals surface area contributed by atoms with Crippen LogP contribution < -0.4 is 5.32 Å². The van der Waals surface area contributed by atoms with Crippen LogP contribution in [0, 0.1) is 0 Å². The average molecular weight is 255 g/mol. The SMILES string of the molecule is FC(F)(F)CNCc1cnn(-c2ccccc2)c1. The van der Waals surface area contributed by atoms with Crippen molar-refractivity contribution in [3.05, 3.63) is 48.3 Å². The van der Waals surface area contributed by atoms with Crippen molar-refractivity contribution in [1.82, 2.24) is 15.1 Å². The molecule has 1 aromatic carbocycles. The summed E-state index contributed by atoms with van der Waals surface area (Å²) < 4.78 is 37.5. The van der Waals surface area contributed by atoms with Gasteiger partial charge < -0.3 is 5.32 Å². The maximum Gasteiger partial charge on any atom is 0.401 e. The lowest BCUT2D eigenvalue weighted by molar-refractivity contribution is -0.125. The van der Waals surface area contributed by atoms with Gasteiger partial charge in [0.05, 0.1) is 18.4 Å². The molecule has 0 spiro atoms. The van der Waals surface area contributed by atoms with Crippen LogP contribution in [0.4, 0.5) is 13.2 Å². The van der Waals surface area contributed by atoms with Gasteiger partial charge in [-0.1, -0.05) is 18.2 Å². The third kappa shape index (κ3) is 3.59. The second-order valence-electron chi connectivity index (χ2n) is 3.85.